The summed E-state index contributed by atoms with van der Waals surface area (Å²) in [4.78, 5) is 24.5. The van der Waals surface area contributed by atoms with Crippen molar-refractivity contribution in [3.63, 3.8) is 0 Å². The molecule has 0 radical (unpaired) electrons. The highest BCUT2D eigenvalue weighted by molar-refractivity contribution is 5.76. The lowest BCUT2D eigenvalue weighted by molar-refractivity contribution is -0.143. The molecule has 2 atom stereocenters. The average Bonchev–Trinajstić information content (AvgIpc) is 3.38. The largest absolute Gasteiger partial charge is 0.466 e. The third-order valence-corrected chi connectivity index (χ3v) is 15.6. The molecule has 0 aliphatic heterocycles. The summed E-state index contributed by atoms with van der Waals surface area (Å²) in [7, 11) is 0. The zero-order valence-corrected chi connectivity index (χ0v) is 48.9. The number of aliphatic hydroxyl groups excluding tert-OH is 2. The molecule has 0 fully saturated rings. The van der Waals surface area contributed by atoms with Crippen LogP contribution < -0.4 is 5.32 Å². The molecule has 2 unspecified atom stereocenters. The smallest absolute Gasteiger partial charge is 0.305 e. The number of allylic oxidation sites excluding steroid dienone is 2. The van der Waals surface area contributed by atoms with Crippen LogP contribution in [0.3, 0.4) is 0 Å². The Labute approximate surface area is 450 Å². The molecule has 0 saturated heterocycles. The minimum Gasteiger partial charge on any atom is -0.466 e. The van der Waals surface area contributed by atoms with E-state index in [0.29, 0.717) is 25.9 Å². The minimum absolute atomic E-state index is 0.0174. The number of ether oxygens (including phenoxy) is 1. The predicted molar refractivity (Wildman–Crippen MR) is 315 cm³/mol. The summed E-state index contributed by atoms with van der Waals surface area (Å²) in [5.74, 6) is -0.0156. The van der Waals surface area contributed by atoms with E-state index in [1.165, 1.54) is 302 Å². The molecule has 3 N–H and O–H groups in total. The normalized spacial score (nSPS) is 12.6. The fraction of sp³-hybridized carbons (Fsp3) is 0.939. The van der Waals surface area contributed by atoms with Crippen LogP contribution >= 0.6 is 0 Å². The molecule has 0 heterocycles. The third kappa shape index (κ3) is 57.9. The van der Waals surface area contributed by atoms with Gasteiger partial charge in [0, 0.05) is 12.8 Å². The Bertz CT molecular complexity index is 1080. The van der Waals surface area contributed by atoms with Crippen molar-refractivity contribution in [2.24, 2.45) is 0 Å². The number of esters is 1. The number of carbonyl (C=O) groups is 2. The van der Waals surface area contributed by atoms with Crippen molar-refractivity contribution in [3.8, 4) is 0 Å². The molecule has 0 aliphatic rings. The molecule has 0 bridgehead atoms. The summed E-state index contributed by atoms with van der Waals surface area (Å²) in [5, 5.41) is 23.3. The van der Waals surface area contributed by atoms with Gasteiger partial charge in [0.25, 0.3) is 0 Å². The highest BCUT2D eigenvalue weighted by Crippen LogP contribution is 2.18. The van der Waals surface area contributed by atoms with Crippen LogP contribution in [0.2, 0.25) is 0 Å². The quantitative estimate of drug-likeness (QED) is 0.0320. The van der Waals surface area contributed by atoms with E-state index in [1.807, 2.05) is 0 Å². The van der Waals surface area contributed by atoms with Gasteiger partial charge in [-0.2, -0.15) is 0 Å². The average molecular weight is 1020 g/mol. The van der Waals surface area contributed by atoms with Crippen molar-refractivity contribution >= 4 is 11.9 Å². The van der Waals surface area contributed by atoms with Crippen LogP contribution in [0.1, 0.15) is 373 Å². The molecule has 428 valence electrons. The Kier molecular flexibility index (Phi) is 60.9. The second kappa shape index (κ2) is 62.1. The molecule has 0 aromatic carbocycles. The number of unbranched alkanes of at least 4 members (excludes halogenated alkanes) is 49. The van der Waals surface area contributed by atoms with E-state index in [2.05, 4.69) is 31.3 Å². The summed E-state index contributed by atoms with van der Waals surface area (Å²) < 4.78 is 5.48. The standard InChI is InChI=1S/C66H129NO5/c1-3-5-7-9-11-13-15-17-31-35-38-42-46-50-54-58-64(69)63(62-68)67-65(70)59-55-51-47-43-39-36-32-29-27-25-23-21-19-18-20-22-24-26-28-30-33-37-41-45-49-53-57-61-72-66(71)60-56-52-48-44-40-34-16-14-12-10-8-6-4-2/h18-19,63-64,68-69H,3-17,20-62H2,1-2H3,(H,67,70)/b19-18-. The first-order valence-electron chi connectivity index (χ1n) is 32.9. The first kappa shape index (κ1) is 70.6. The van der Waals surface area contributed by atoms with Crippen molar-refractivity contribution in [1.82, 2.24) is 5.32 Å². The van der Waals surface area contributed by atoms with Gasteiger partial charge in [0.1, 0.15) is 0 Å². The fourth-order valence-electron chi connectivity index (χ4n) is 10.5. The zero-order chi connectivity index (χ0) is 52.2. The number of hydrogen-bond donors (Lipinski definition) is 3. The lowest BCUT2D eigenvalue weighted by atomic mass is 10.0. The summed E-state index contributed by atoms with van der Waals surface area (Å²) in [6.45, 7) is 4.98. The number of aliphatic hydroxyl groups is 2. The Hall–Kier alpha value is -1.40. The third-order valence-electron chi connectivity index (χ3n) is 15.6. The molecule has 6 heteroatoms. The molecule has 0 spiro atoms. The summed E-state index contributed by atoms with van der Waals surface area (Å²) in [6, 6.07) is -0.541. The molecule has 0 rings (SSSR count). The number of amides is 1. The van der Waals surface area contributed by atoms with Crippen LogP contribution in [-0.4, -0.2) is 47.4 Å². The van der Waals surface area contributed by atoms with Crippen molar-refractivity contribution in [3.05, 3.63) is 12.2 Å². The number of carbonyl (C=O) groups excluding carboxylic acids is 2. The Morgan fingerprint density at radius 2 is 0.653 bits per heavy atom. The SMILES string of the molecule is CCCCCCCCCCCCCCCCCC(O)C(CO)NC(=O)CCCCCCCCCCCCC/C=C\CCCCCCCCCCCCCCOC(=O)CCCCCCCCCCCCCCC. The summed E-state index contributed by atoms with van der Waals surface area (Å²) in [6.07, 6.45) is 75.2. The van der Waals surface area contributed by atoms with Gasteiger partial charge < -0.3 is 20.3 Å². The minimum atomic E-state index is -0.664. The zero-order valence-electron chi connectivity index (χ0n) is 48.9. The predicted octanol–water partition coefficient (Wildman–Crippen LogP) is 20.8. The van der Waals surface area contributed by atoms with E-state index in [4.69, 9.17) is 4.74 Å². The molecule has 0 saturated carbocycles. The highest BCUT2D eigenvalue weighted by atomic mass is 16.5. The van der Waals surface area contributed by atoms with Gasteiger partial charge >= 0.3 is 5.97 Å². The number of rotatable bonds is 62. The van der Waals surface area contributed by atoms with Gasteiger partial charge in [-0.25, -0.2) is 0 Å². The molecule has 72 heavy (non-hydrogen) atoms. The van der Waals surface area contributed by atoms with Crippen molar-refractivity contribution in [2.45, 2.75) is 386 Å². The van der Waals surface area contributed by atoms with Gasteiger partial charge in [-0.1, -0.05) is 321 Å². The Morgan fingerprint density at radius 3 is 0.986 bits per heavy atom. The molecule has 0 aliphatic carbocycles. The van der Waals surface area contributed by atoms with Crippen molar-refractivity contribution in [1.29, 1.82) is 0 Å². The van der Waals surface area contributed by atoms with E-state index in [9.17, 15) is 19.8 Å². The first-order valence-corrected chi connectivity index (χ1v) is 32.9. The second-order valence-electron chi connectivity index (χ2n) is 22.8. The topological polar surface area (TPSA) is 95.9 Å². The molecular weight excluding hydrogens is 887 g/mol. The van der Waals surface area contributed by atoms with Crippen LogP contribution in [0.25, 0.3) is 0 Å². The van der Waals surface area contributed by atoms with E-state index in [-0.39, 0.29) is 18.5 Å². The van der Waals surface area contributed by atoms with Gasteiger partial charge in [0.2, 0.25) is 5.91 Å². The summed E-state index contributed by atoms with van der Waals surface area (Å²) in [5.41, 5.74) is 0. The Morgan fingerprint density at radius 1 is 0.375 bits per heavy atom. The molecule has 1 amide bonds. The van der Waals surface area contributed by atoms with Crippen LogP contribution in [0.4, 0.5) is 0 Å². The Balaban J connectivity index is 3.37. The maximum Gasteiger partial charge on any atom is 0.305 e. The molecular formula is C66H129NO5. The number of hydrogen-bond acceptors (Lipinski definition) is 5. The van der Waals surface area contributed by atoms with Crippen molar-refractivity contribution in [2.75, 3.05) is 13.2 Å². The van der Waals surface area contributed by atoms with Gasteiger partial charge in [-0.3, -0.25) is 9.59 Å². The number of nitrogens with one attached hydrogen (secondary N) is 1. The van der Waals surface area contributed by atoms with E-state index in [0.717, 1.165) is 38.5 Å². The second-order valence-corrected chi connectivity index (χ2v) is 22.8. The van der Waals surface area contributed by atoms with Gasteiger partial charge in [0.15, 0.2) is 0 Å². The maximum absolute atomic E-state index is 12.5. The highest BCUT2D eigenvalue weighted by Gasteiger charge is 2.20. The van der Waals surface area contributed by atoms with Crippen LogP contribution in [0, 0.1) is 0 Å². The van der Waals surface area contributed by atoms with E-state index >= 15 is 0 Å². The van der Waals surface area contributed by atoms with Crippen molar-refractivity contribution < 1.29 is 24.5 Å². The lowest BCUT2D eigenvalue weighted by Gasteiger charge is -2.22. The monoisotopic (exact) mass is 1020 g/mol. The molecule has 6 nitrogen and oxygen atoms in total. The van der Waals surface area contributed by atoms with Crippen LogP contribution in [0.5, 0.6) is 0 Å². The fourth-order valence-corrected chi connectivity index (χ4v) is 10.5. The first-order chi connectivity index (χ1) is 35.5. The van der Waals surface area contributed by atoms with Crippen LogP contribution in [-0.2, 0) is 14.3 Å². The van der Waals surface area contributed by atoms with E-state index in [1.54, 1.807) is 0 Å². The van der Waals surface area contributed by atoms with Gasteiger partial charge in [-0.05, 0) is 51.4 Å². The van der Waals surface area contributed by atoms with Gasteiger partial charge in [-0.15, -0.1) is 0 Å². The molecule has 0 aromatic rings. The molecule has 0 aromatic heterocycles. The van der Waals surface area contributed by atoms with E-state index < -0.39 is 12.1 Å². The maximum atomic E-state index is 12.5. The van der Waals surface area contributed by atoms with Gasteiger partial charge in [0.05, 0.1) is 25.4 Å². The summed E-state index contributed by atoms with van der Waals surface area (Å²) >= 11 is 0. The lowest BCUT2D eigenvalue weighted by Crippen LogP contribution is -2.45. The van der Waals surface area contributed by atoms with Crippen LogP contribution in [0.15, 0.2) is 12.2 Å².